The van der Waals surface area contributed by atoms with E-state index in [9.17, 15) is 0 Å². The van der Waals surface area contributed by atoms with Gasteiger partial charge in [0.2, 0.25) is 0 Å². The van der Waals surface area contributed by atoms with Crippen molar-refractivity contribution in [2.75, 3.05) is 21.0 Å². The Hall–Kier alpha value is -2.20. The van der Waals surface area contributed by atoms with E-state index in [0.29, 0.717) is 0 Å². The fourth-order valence-corrected chi connectivity index (χ4v) is 2.91. The highest BCUT2D eigenvalue weighted by Crippen LogP contribution is 2.40. The van der Waals surface area contributed by atoms with Crippen molar-refractivity contribution in [1.82, 2.24) is 0 Å². The Morgan fingerprint density at radius 1 is 1.09 bits per heavy atom. The lowest BCUT2D eigenvalue weighted by atomic mass is 9.95. The minimum Gasteiger partial charge on any atom is -0.497 e. The number of hydrogen-bond acceptors (Lipinski definition) is 4. The molecule has 1 aliphatic rings. The second kappa shape index (κ2) is 6.92. The van der Waals surface area contributed by atoms with Crippen LogP contribution in [0.15, 0.2) is 36.4 Å². The molecule has 0 saturated carbocycles. The Labute approximate surface area is 136 Å². The van der Waals surface area contributed by atoms with E-state index in [2.05, 4.69) is 18.2 Å². The Kier molecular flexibility index (Phi) is 4.72. The maximum absolute atomic E-state index is 6.28. The predicted octanol–water partition coefficient (Wildman–Crippen LogP) is 4.05. The van der Waals surface area contributed by atoms with Crippen LogP contribution in [0.1, 0.15) is 29.2 Å². The average Bonchev–Trinajstić information content (AvgIpc) is 2.61. The van der Waals surface area contributed by atoms with Crippen molar-refractivity contribution < 1.29 is 18.9 Å². The first-order valence-corrected chi connectivity index (χ1v) is 7.77. The fraction of sp³-hybridized carbons (Fsp3) is 0.368. The minimum absolute atomic E-state index is 0.0600. The van der Waals surface area contributed by atoms with E-state index >= 15 is 0 Å². The van der Waals surface area contributed by atoms with Gasteiger partial charge in [0.05, 0.1) is 7.11 Å². The SMILES string of the molecule is COCOc1ccc2c(c1C)OC(c1ccc(OC)cc1)CC2. The molecule has 1 unspecified atom stereocenters. The van der Waals surface area contributed by atoms with Gasteiger partial charge in [0.15, 0.2) is 6.79 Å². The van der Waals surface area contributed by atoms with Gasteiger partial charge in [-0.15, -0.1) is 0 Å². The van der Waals surface area contributed by atoms with Gasteiger partial charge in [-0.05, 0) is 49.1 Å². The summed E-state index contributed by atoms with van der Waals surface area (Å²) >= 11 is 0. The Morgan fingerprint density at radius 2 is 1.87 bits per heavy atom. The zero-order chi connectivity index (χ0) is 16.2. The third-order valence-corrected chi connectivity index (χ3v) is 4.19. The lowest BCUT2D eigenvalue weighted by Crippen LogP contribution is -2.16. The van der Waals surface area contributed by atoms with E-state index < -0.39 is 0 Å². The highest BCUT2D eigenvalue weighted by atomic mass is 16.7. The van der Waals surface area contributed by atoms with Crippen LogP contribution in [0, 0.1) is 6.92 Å². The van der Waals surface area contributed by atoms with E-state index in [0.717, 1.165) is 35.7 Å². The van der Waals surface area contributed by atoms with Gasteiger partial charge in [-0.2, -0.15) is 0 Å². The summed E-state index contributed by atoms with van der Waals surface area (Å²) in [5.41, 5.74) is 3.42. The molecule has 0 saturated heterocycles. The summed E-state index contributed by atoms with van der Waals surface area (Å²) in [4.78, 5) is 0. The Balaban J connectivity index is 1.83. The van der Waals surface area contributed by atoms with Crippen molar-refractivity contribution in [3.05, 3.63) is 53.1 Å². The molecule has 3 rings (SSSR count). The summed E-state index contributed by atoms with van der Waals surface area (Å²) in [6.07, 6.45) is 2.03. The largest absolute Gasteiger partial charge is 0.497 e. The average molecular weight is 314 g/mol. The molecule has 4 heteroatoms. The number of benzene rings is 2. The van der Waals surface area contributed by atoms with Gasteiger partial charge in [0.25, 0.3) is 0 Å². The fourth-order valence-electron chi connectivity index (χ4n) is 2.91. The first-order chi connectivity index (χ1) is 11.2. The minimum atomic E-state index is 0.0600. The predicted molar refractivity (Wildman–Crippen MR) is 88.4 cm³/mol. The second-order valence-corrected chi connectivity index (χ2v) is 5.65. The number of ether oxygens (including phenoxy) is 4. The molecule has 0 fully saturated rings. The van der Waals surface area contributed by atoms with Gasteiger partial charge in [-0.3, -0.25) is 0 Å². The molecule has 0 bridgehead atoms. The van der Waals surface area contributed by atoms with E-state index in [1.165, 1.54) is 11.1 Å². The first-order valence-electron chi connectivity index (χ1n) is 7.77. The molecule has 0 aromatic heterocycles. The normalized spacial score (nSPS) is 16.4. The van der Waals surface area contributed by atoms with Crippen LogP contribution in [-0.4, -0.2) is 21.0 Å². The van der Waals surface area contributed by atoms with Crippen molar-refractivity contribution >= 4 is 0 Å². The van der Waals surface area contributed by atoms with Gasteiger partial charge < -0.3 is 18.9 Å². The van der Waals surface area contributed by atoms with Crippen LogP contribution in [0.5, 0.6) is 17.2 Å². The van der Waals surface area contributed by atoms with Crippen LogP contribution in [0.2, 0.25) is 0 Å². The molecule has 2 aromatic rings. The summed E-state index contributed by atoms with van der Waals surface area (Å²) in [5, 5.41) is 0. The lowest BCUT2D eigenvalue weighted by Gasteiger charge is -2.28. The van der Waals surface area contributed by atoms with Gasteiger partial charge in [0.1, 0.15) is 23.4 Å². The van der Waals surface area contributed by atoms with Crippen LogP contribution in [0.3, 0.4) is 0 Å². The van der Waals surface area contributed by atoms with Crippen LogP contribution in [-0.2, 0) is 11.2 Å². The number of fused-ring (bicyclic) bond motifs is 1. The molecule has 0 aliphatic carbocycles. The monoisotopic (exact) mass is 314 g/mol. The standard InChI is InChI=1S/C19H22O4/c1-13-17(22-12-20-2)10-6-15-7-11-18(23-19(13)15)14-4-8-16(21-3)9-5-14/h4-6,8-10,18H,7,11-12H2,1-3H3. The van der Waals surface area contributed by atoms with Crippen LogP contribution < -0.4 is 14.2 Å². The van der Waals surface area contributed by atoms with Crippen molar-refractivity contribution in [2.24, 2.45) is 0 Å². The van der Waals surface area contributed by atoms with Crippen molar-refractivity contribution in [3.8, 4) is 17.2 Å². The number of aryl methyl sites for hydroxylation is 1. The molecule has 1 aliphatic heterocycles. The van der Waals surface area contributed by atoms with E-state index in [4.69, 9.17) is 18.9 Å². The van der Waals surface area contributed by atoms with Gasteiger partial charge in [0, 0.05) is 12.7 Å². The van der Waals surface area contributed by atoms with Gasteiger partial charge in [-0.1, -0.05) is 18.2 Å². The quantitative estimate of drug-likeness (QED) is 0.780. The molecule has 0 radical (unpaired) electrons. The van der Waals surface area contributed by atoms with Gasteiger partial charge in [-0.25, -0.2) is 0 Å². The Bertz CT molecular complexity index is 664. The number of methoxy groups -OCH3 is 2. The summed E-state index contributed by atoms with van der Waals surface area (Å²) in [6.45, 7) is 2.27. The zero-order valence-electron chi connectivity index (χ0n) is 13.8. The third kappa shape index (κ3) is 3.27. The van der Waals surface area contributed by atoms with E-state index in [1.54, 1.807) is 14.2 Å². The highest BCUT2D eigenvalue weighted by molar-refractivity contribution is 5.50. The summed E-state index contributed by atoms with van der Waals surface area (Å²) in [6, 6.07) is 12.1. The summed E-state index contributed by atoms with van der Waals surface area (Å²) < 4.78 is 22.1. The topological polar surface area (TPSA) is 36.9 Å². The molecule has 2 aromatic carbocycles. The van der Waals surface area contributed by atoms with Crippen LogP contribution in [0.25, 0.3) is 0 Å². The second-order valence-electron chi connectivity index (χ2n) is 5.65. The highest BCUT2D eigenvalue weighted by Gasteiger charge is 2.24. The summed E-state index contributed by atoms with van der Waals surface area (Å²) in [5.74, 6) is 2.60. The zero-order valence-corrected chi connectivity index (χ0v) is 13.8. The van der Waals surface area contributed by atoms with Crippen LogP contribution >= 0.6 is 0 Å². The smallest absolute Gasteiger partial charge is 0.188 e. The Morgan fingerprint density at radius 3 is 2.57 bits per heavy atom. The molecule has 0 spiro atoms. The number of hydrogen-bond donors (Lipinski definition) is 0. The molecular formula is C19H22O4. The van der Waals surface area contributed by atoms with Crippen molar-refractivity contribution in [2.45, 2.75) is 25.9 Å². The van der Waals surface area contributed by atoms with Crippen LogP contribution in [0.4, 0.5) is 0 Å². The van der Waals surface area contributed by atoms with E-state index in [-0.39, 0.29) is 12.9 Å². The maximum Gasteiger partial charge on any atom is 0.188 e. The number of rotatable bonds is 5. The first kappa shape index (κ1) is 15.7. The van der Waals surface area contributed by atoms with Crippen molar-refractivity contribution in [3.63, 3.8) is 0 Å². The lowest BCUT2D eigenvalue weighted by molar-refractivity contribution is 0.0501. The maximum atomic E-state index is 6.28. The molecule has 1 heterocycles. The van der Waals surface area contributed by atoms with Crippen molar-refractivity contribution in [1.29, 1.82) is 0 Å². The molecule has 0 amide bonds. The molecular weight excluding hydrogens is 292 g/mol. The van der Waals surface area contributed by atoms with E-state index in [1.807, 2.05) is 25.1 Å². The molecule has 0 N–H and O–H groups in total. The molecule has 1 atom stereocenters. The third-order valence-electron chi connectivity index (χ3n) is 4.19. The van der Waals surface area contributed by atoms with Gasteiger partial charge >= 0.3 is 0 Å². The summed E-state index contributed by atoms with van der Waals surface area (Å²) in [7, 11) is 3.29. The molecule has 4 nitrogen and oxygen atoms in total. The molecule has 23 heavy (non-hydrogen) atoms. The molecule has 122 valence electrons.